The average Bonchev–Trinajstić information content (AvgIpc) is 2.83. The molecule has 19 heavy (non-hydrogen) atoms. The fourth-order valence-corrected chi connectivity index (χ4v) is 2.67. The third-order valence-corrected chi connectivity index (χ3v) is 3.71. The summed E-state index contributed by atoms with van der Waals surface area (Å²) in [5.74, 6) is 0.279. The van der Waals surface area contributed by atoms with Crippen LogP contribution in [0, 0.1) is 32.1 Å². The van der Waals surface area contributed by atoms with Crippen LogP contribution in [-0.2, 0) is 11.2 Å². The van der Waals surface area contributed by atoms with E-state index in [0.717, 1.165) is 21.1 Å². The van der Waals surface area contributed by atoms with E-state index in [4.69, 9.17) is 5.26 Å². The molecule has 0 saturated carbocycles. The summed E-state index contributed by atoms with van der Waals surface area (Å²) >= 11 is 1.58. The van der Waals surface area contributed by atoms with Gasteiger partial charge in [0, 0.05) is 11.1 Å². The maximum absolute atomic E-state index is 11.9. The Morgan fingerprint density at radius 1 is 1.53 bits per heavy atom. The van der Waals surface area contributed by atoms with Crippen molar-refractivity contribution in [1.29, 1.82) is 5.26 Å². The highest BCUT2D eigenvalue weighted by Crippen LogP contribution is 2.19. The zero-order chi connectivity index (χ0) is 14.0. The van der Waals surface area contributed by atoms with E-state index in [1.54, 1.807) is 17.5 Å². The number of nitriles is 1. The van der Waals surface area contributed by atoms with Crippen molar-refractivity contribution in [2.75, 3.05) is 5.32 Å². The molecule has 2 aromatic rings. The van der Waals surface area contributed by atoms with Gasteiger partial charge in [0.15, 0.2) is 0 Å². The van der Waals surface area contributed by atoms with Crippen molar-refractivity contribution in [2.45, 2.75) is 27.2 Å². The molecule has 2 heterocycles. The number of carbonyl (C=O) groups excluding carboxylic acids is 1. The van der Waals surface area contributed by atoms with Gasteiger partial charge in [-0.1, -0.05) is 0 Å². The molecule has 5 nitrogen and oxygen atoms in total. The van der Waals surface area contributed by atoms with Crippen LogP contribution in [0.15, 0.2) is 6.20 Å². The van der Waals surface area contributed by atoms with Crippen molar-refractivity contribution in [3.63, 3.8) is 0 Å². The van der Waals surface area contributed by atoms with Gasteiger partial charge in [0.1, 0.15) is 11.9 Å². The number of amides is 1. The molecule has 0 unspecified atom stereocenters. The van der Waals surface area contributed by atoms with Gasteiger partial charge in [0.25, 0.3) is 0 Å². The van der Waals surface area contributed by atoms with E-state index in [1.165, 1.54) is 0 Å². The number of thiazole rings is 1. The topological polar surface area (TPSA) is 81.6 Å². The number of aryl methyl sites for hydroxylation is 3. The molecule has 0 bridgehead atoms. The molecule has 0 atom stereocenters. The van der Waals surface area contributed by atoms with Crippen LogP contribution in [0.3, 0.4) is 0 Å². The van der Waals surface area contributed by atoms with E-state index >= 15 is 0 Å². The lowest BCUT2D eigenvalue weighted by Crippen LogP contribution is -2.16. The van der Waals surface area contributed by atoms with Crippen LogP contribution in [0.1, 0.15) is 26.7 Å². The standard InChI is InChI=1S/C13H14N4OS/c1-7-6-15-13(10(7)5-14)17-12(18)4-11-8(2)19-9(3)16-11/h6,15H,4H2,1-3H3,(H,17,18). The number of hydrogen-bond donors (Lipinski definition) is 2. The van der Waals surface area contributed by atoms with Gasteiger partial charge < -0.3 is 10.3 Å². The summed E-state index contributed by atoms with van der Waals surface area (Å²) in [7, 11) is 0. The van der Waals surface area contributed by atoms with Crippen LogP contribution in [0.25, 0.3) is 0 Å². The van der Waals surface area contributed by atoms with Gasteiger partial charge in [-0.2, -0.15) is 5.26 Å². The first-order valence-corrected chi connectivity index (χ1v) is 6.63. The minimum atomic E-state index is -0.174. The number of nitrogens with zero attached hydrogens (tertiary/aromatic N) is 2. The summed E-state index contributed by atoms with van der Waals surface area (Å²) in [6.45, 7) is 5.69. The van der Waals surface area contributed by atoms with Crippen molar-refractivity contribution in [3.8, 4) is 6.07 Å². The molecule has 0 fully saturated rings. The normalized spacial score (nSPS) is 10.2. The minimum Gasteiger partial charge on any atom is -0.347 e. The van der Waals surface area contributed by atoms with Crippen LogP contribution in [0.2, 0.25) is 0 Å². The first kappa shape index (κ1) is 13.3. The van der Waals surface area contributed by atoms with Gasteiger partial charge in [-0.15, -0.1) is 11.3 Å². The summed E-state index contributed by atoms with van der Waals surface area (Å²) in [5.41, 5.74) is 2.08. The lowest BCUT2D eigenvalue weighted by Gasteiger charge is -2.03. The van der Waals surface area contributed by atoms with E-state index < -0.39 is 0 Å². The highest BCUT2D eigenvalue weighted by Gasteiger charge is 2.14. The number of aromatic amines is 1. The van der Waals surface area contributed by atoms with Gasteiger partial charge in [-0.05, 0) is 26.3 Å². The molecular formula is C13H14N4OS. The highest BCUT2D eigenvalue weighted by molar-refractivity contribution is 7.11. The summed E-state index contributed by atoms with van der Waals surface area (Å²) in [6.07, 6.45) is 1.92. The minimum absolute atomic E-state index is 0.174. The van der Waals surface area contributed by atoms with Crippen LogP contribution in [0.5, 0.6) is 0 Å². The largest absolute Gasteiger partial charge is 0.347 e. The molecule has 2 aromatic heterocycles. The zero-order valence-electron chi connectivity index (χ0n) is 11.0. The molecule has 2 rings (SSSR count). The molecule has 1 amide bonds. The first-order valence-electron chi connectivity index (χ1n) is 5.82. The van der Waals surface area contributed by atoms with Crippen LogP contribution < -0.4 is 5.32 Å². The quantitative estimate of drug-likeness (QED) is 0.902. The maximum atomic E-state index is 11.9. The molecular weight excluding hydrogens is 260 g/mol. The van der Waals surface area contributed by atoms with Crippen molar-refractivity contribution in [1.82, 2.24) is 9.97 Å². The predicted octanol–water partition coefficient (Wildman–Crippen LogP) is 2.45. The molecule has 2 N–H and O–H groups in total. The zero-order valence-corrected chi connectivity index (χ0v) is 11.8. The van der Waals surface area contributed by atoms with Crippen molar-refractivity contribution >= 4 is 23.1 Å². The average molecular weight is 274 g/mol. The second-order valence-electron chi connectivity index (χ2n) is 4.29. The van der Waals surface area contributed by atoms with E-state index in [1.807, 2.05) is 20.8 Å². The van der Waals surface area contributed by atoms with Gasteiger partial charge in [-0.25, -0.2) is 4.98 Å². The molecule has 6 heteroatoms. The van der Waals surface area contributed by atoms with Crippen LogP contribution in [-0.4, -0.2) is 15.9 Å². The molecule has 0 radical (unpaired) electrons. The number of hydrogen-bond acceptors (Lipinski definition) is 4. The van der Waals surface area contributed by atoms with Gasteiger partial charge in [0.05, 0.1) is 22.7 Å². The number of nitrogens with one attached hydrogen (secondary N) is 2. The maximum Gasteiger partial charge on any atom is 0.231 e. The van der Waals surface area contributed by atoms with E-state index in [9.17, 15) is 4.79 Å². The van der Waals surface area contributed by atoms with E-state index in [-0.39, 0.29) is 12.3 Å². The van der Waals surface area contributed by atoms with E-state index in [2.05, 4.69) is 21.4 Å². The van der Waals surface area contributed by atoms with Crippen molar-refractivity contribution < 1.29 is 4.79 Å². The number of anilines is 1. The lowest BCUT2D eigenvalue weighted by molar-refractivity contribution is -0.115. The Bertz CT molecular complexity index is 663. The summed E-state index contributed by atoms with van der Waals surface area (Å²) in [5, 5.41) is 12.7. The first-order chi connectivity index (χ1) is 9.01. The SMILES string of the molecule is Cc1nc(CC(=O)Nc2[nH]cc(C)c2C#N)c(C)s1. The van der Waals surface area contributed by atoms with Crippen molar-refractivity contribution in [2.24, 2.45) is 0 Å². The Labute approximate surface area is 115 Å². The molecule has 98 valence electrons. The Morgan fingerprint density at radius 3 is 2.84 bits per heavy atom. The monoisotopic (exact) mass is 274 g/mol. The third kappa shape index (κ3) is 2.83. The number of carbonyl (C=O) groups is 1. The summed E-state index contributed by atoms with van der Waals surface area (Å²) in [6, 6.07) is 2.07. The fourth-order valence-electron chi connectivity index (χ4n) is 1.84. The molecule has 0 spiro atoms. The Hall–Kier alpha value is -2.13. The van der Waals surface area contributed by atoms with E-state index in [0.29, 0.717) is 11.4 Å². The van der Waals surface area contributed by atoms with Gasteiger partial charge >= 0.3 is 0 Å². The number of H-pyrrole nitrogens is 1. The predicted molar refractivity (Wildman–Crippen MR) is 74.2 cm³/mol. The summed E-state index contributed by atoms with van der Waals surface area (Å²) in [4.78, 5) is 20.2. The molecule has 0 aromatic carbocycles. The Morgan fingerprint density at radius 2 is 2.26 bits per heavy atom. The molecule has 0 aliphatic heterocycles. The van der Waals surface area contributed by atoms with Crippen molar-refractivity contribution in [3.05, 3.63) is 32.9 Å². The van der Waals surface area contributed by atoms with Crippen LogP contribution in [0.4, 0.5) is 5.82 Å². The second-order valence-corrected chi connectivity index (χ2v) is 5.70. The van der Waals surface area contributed by atoms with Gasteiger partial charge in [0.2, 0.25) is 5.91 Å². The number of aromatic nitrogens is 2. The Kier molecular flexibility index (Phi) is 3.67. The molecule has 0 saturated heterocycles. The Balaban J connectivity index is 2.10. The third-order valence-electron chi connectivity index (χ3n) is 2.78. The lowest BCUT2D eigenvalue weighted by atomic mass is 10.2. The van der Waals surface area contributed by atoms with Gasteiger partial charge in [-0.3, -0.25) is 4.79 Å². The smallest absolute Gasteiger partial charge is 0.231 e. The highest BCUT2D eigenvalue weighted by atomic mass is 32.1. The second kappa shape index (κ2) is 5.24. The summed E-state index contributed by atoms with van der Waals surface area (Å²) < 4.78 is 0. The fraction of sp³-hybridized carbons (Fsp3) is 0.308. The number of rotatable bonds is 3. The van der Waals surface area contributed by atoms with Crippen LogP contribution >= 0.6 is 11.3 Å². The molecule has 0 aliphatic rings. The molecule has 0 aliphatic carbocycles.